The number of hydrogen-bond acceptors (Lipinski definition) is 5. The number of halogens is 1. The van der Waals surface area contributed by atoms with Crippen LogP contribution in [0.5, 0.6) is 0 Å². The second-order valence-corrected chi connectivity index (χ2v) is 7.47. The van der Waals surface area contributed by atoms with Crippen LogP contribution in [-0.2, 0) is 17.9 Å². The van der Waals surface area contributed by atoms with E-state index in [4.69, 9.17) is 10.9 Å². The topological polar surface area (TPSA) is 113 Å². The summed E-state index contributed by atoms with van der Waals surface area (Å²) in [5.41, 5.74) is 9.84. The standard InChI is InChI=1S/C21H22FN5O3/c22-15-5-3-13(4-6-15)10-27-12-14(11-26-7-1-2-18(26)20(23)28)16-8-17(21(29)25-30)24-9-19(16)27/h3-6,8-9,12,18,30H,1-2,7,10-11H2,(H2,23,28)(H,25,29)/t18-/m0/s1. The van der Waals surface area contributed by atoms with E-state index in [1.807, 2.05) is 15.7 Å². The second-order valence-electron chi connectivity index (χ2n) is 7.47. The first kappa shape index (κ1) is 20.0. The molecule has 1 saturated heterocycles. The first-order valence-electron chi connectivity index (χ1n) is 9.66. The van der Waals surface area contributed by atoms with Crippen LogP contribution in [-0.4, -0.2) is 44.1 Å². The molecule has 2 amide bonds. The highest BCUT2D eigenvalue weighted by atomic mass is 19.1. The molecule has 156 valence electrons. The van der Waals surface area contributed by atoms with Gasteiger partial charge in [0.05, 0.1) is 17.8 Å². The summed E-state index contributed by atoms with van der Waals surface area (Å²) in [6.45, 7) is 1.74. The van der Waals surface area contributed by atoms with Gasteiger partial charge in [-0.25, -0.2) is 14.9 Å². The van der Waals surface area contributed by atoms with E-state index in [0.29, 0.717) is 13.1 Å². The molecule has 1 aliphatic rings. The molecular formula is C21H22FN5O3. The van der Waals surface area contributed by atoms with E-state index < -0.39 is 5.91 Å². The summed E-state index contributed by atoms with van der Waals surface area (Å²) in [4.78, 5) is 29.8. The first-order valence-corrected chi connectivity index (χ1v) is 9.66. The van der Waals surface area contributed by atoms with Gasteiger partial charge in [0, 0.05) is 24.7 Å². The van der Waals surface area contributed by atoms with Crippen molar-refractivity contribution in [2.45, 2.75) is 32.0 Å². The van der Waals surface area contributed by atoms with E-state index in [9.17, 15) is 14.0 Å². The minimum absolute atomic E-state index is 0.0821. The molecule has 4 rings (SSSR count). The third-order valence-corrected chi connectivity index (χ3v) is 5.52. The minimum Gasteiger partial charge on any atom is -0.368 e. The fraction of sp³-hybridized carbons (Fsp3) is 0.286. The van der Waals surface area contributed by atoms with E-state index >= 15 is 0 Å². The van der Waals surface area contributed by atoms with Crippen molar-refractivity contribution in [1.29, 1.82) is 0 Å². The van der Waals surface area contributed by atoms with Crippen LogP contribution in [0.2, 0.25) is 0 Å². The van der Waals surface area contributed by atoms with Crippen LogP contribution in [0.1, 0.15) is 34.5 Å². The molecule has 0 radical (unpaired) electrons. The maximum absolute atomic E-state index is 13.2. The molecule has 8 nitrogen and oxygen atoms in total. The minimum atomic E-state index is -0.703. The molecule has 1 aliphatic heterocycles. The number of hydroxylamine groups is 1. The van der Waals surface area contributed by atoms with Gasteiger partial charge in [0.15, 0.2) is 0 Å². The first-order chi connectivity index (χ1) is 14.5. The summed E-state index contributed by atoms with van der Waals surface area (Å²) < 4.78 is 15.2. The number of nitrogens with zero attached hydrogens (tertiary/aromatic N) is 3. The normalized spacial score (nSPS) is 16.8. The molecule has 30 heavy (non-hydrogen) atoms. The van der Waals surface area contributed by atoms with Crippen LogP contribution in [0, 0.1) is 5.82 Å². The van der Waals surface area contributed by atoms with Gasteiger partial charge in [0.1, 0.15) is 11.5 Å². The van der Waals surface area contributed by atoms with Crippen molar-refractivity contribution < 1.29 is 19.2 Å². The molecule has 1 atom stereocenters. The molecule has 1 fully saturated rings. The molecule has 2 aromatic heterocycles. The van der Waals surface area contributed by atoms with Gasteiger partial charge in [0.2, 0.25) is 5.91 Å². The zero-order valence-electron chi connectivity index (χ0n) is 16.2. The molecule has 3 heterocycles. The molecule has 0 spiro atoms. The van der Waals surface area contributed by atoms with Gasteiger partial charge >= 0.3 is 0 Å². The Labute approximate surface area is 172 Å². The van der Waals surface area contributed by atoms with E-state index in [2.05, 4.69) is 4.98 Å². The average Bonchev–Trinajstić information content (AvgIpc) is 3.34. The molecule has 1 aromatic carbocycles. The van der Waals surface area contributed by atoms with Gasteiger partial charge in [-0.2, -0.15) is 0 Å². The van der Waals surface area contributed by atoms with Gasteiger partial charge in [-0.3, -0.25) is 19.7 Å². The van der Waals surface area contributed by atoms with E-state index in [1.54, 1.807) is 29.9 Å². The zero-order chi connectivity index (χ0) is 21.3. The molecule has 3 aromatic rings. The lowest BCUT2D eigenvalue weighted by Crippen LogP contribution is -2.39. The highest BCUT2D eigenvalue weighted by molar-refractivity contribution is 5.96. The summed E-state index contributed by atoms with van der Waals surface area (Å²) in [6, 6.07) is 7.54. The van der Waals surface area contributed by atoms with Crippen molar-refractivity contribution in [3.63, 3.8) is 0 Å². The van der Waals surface area contributed by atoms with Crippen molar-refractivity contribution in [1.82, 2.24) is 19.9 Å². The van der Waals surface area contributed by atoms with E-state index in [0.717, 1.165) is 41.4 Å². The number of nitrogens with two attached hydrogens (primary N) is 1. The number of nitrogens with one attached hydrogen (secondary N) is 1. The van der Waals surface area contributed by atoms with Crippen LogP contribution in [0.15, 0.2) is 42.7 Å². The fourth-order valence-electron chi connectivity index (χ4n) is 4.04. The largest absolute Gasteiger partial charge is 0.368 e. The predicted octanol–water partition coefficient (Wildman–Crippen LogP) is 1.79. The summed E-state index contributed by atoms with van der Waals surface area (Å²) in [5, 5.41) is 9.74. The molecule has 9 heteroatoms. The molecule has 0 unspecified atom stereocenters. The molecule has 0 bridgehead atoms. The summed E-state index contributed by atoms with van der Waals surface area (Å²) in [5.74, 6) is -1.35. The Morgan fingerprint density at radius 2 is 2.03 bits per heavy atom. The maximum atomic E-state index is 13.2. The van der Waals surface area contributed by atoms with E-state index in [1.165, 1.54) is 12.1 Å². The Kier molecular flexibility index (Phi) is 5.47. The van der Waals surface area contributed by atoms with Crippen LogP contribution >= 0.6 is 0 Å². The number of carbonyl (C=O) groups excluding carboxylic acids is 2. The van der Waals surface area contributed by atoms with Crippen LogP contribution in [0.3, 0.4) is 0 Å². The number of carbonyl (C=O) groups is 2. The van der Waals surface area contributed by atoms with Gasteiger partial charge in [-0.05, 0) is 48.7 Å². The van der Waals surface area contributed by atoms with Crippen LogP contribution in [0.4, 0.5) is 4.39 Å². The lowest BCUT2D eigenvalue weighted by atomic mass is 10.1. The number of likely N-dealkylation sites (tertiary alicyclic amines) is 1. The third-order valence-electron chi connectivity index (χ3n) is 5.52. The lowest BCUT2D eigenvalue weighted by molar-refractivity contribution is -0.122. The van der Waals surface area contributed by atoms with Crippen LogP contribution in [0.25, 0.3) is 10.9 Å². The van der Waals surface area contributed by atoms with Gasteiger partial charge in [-0.1, -0.05) is 12.1 Å². The van der Waals surface area contributed by atoms with E-state index in [-0.39, 0.29) is 23.5 Å². The van der Waals surface area contributed by atoms with Gasteiger partial charge in [-0.15, -0.1) is 0 Å². The number of amides is 2. The Hall–Kier alpha value is -3.30. The fourth-order valence-corrected chi connectivity index (χ4v) is 4.04. The van der Waals surface area contributed by atoms with Crippen LogP contribution < -0.4 is 11.2 Å². The Morgan fingerprint density at radius 1 is 1.27 bits per heavy atom. The number of primary amides is 1. The van der Waals surface area contributed by atoms with Crippen molar-refractivity contribution >= 4 is 22.7 Å². The quantitative estimate of drug-likeness (QED) is 0.423. The number of hydrogen-bond donors (Lipinski definition) is 3. The predicted molar refractivity (Wildman–Crippen MR) is 107 cm³/mol. The smallest absolute Gasteiger partial charge is 0.293 e. The van der Waals surface area contributed by atoms with Crippen molar-refractivity contribution in [2.24, 2.45) is 5.73 Å². The highest BCUT2D eigenvalue weighted by Gasteiger charge is 2.29. The Balaban J connectivity index is 1.73. The third kappa shape index (κ3) is 3.89. The monoisotopic (exact) mass is 411 g/mol. The molecular weight excluding hydrogens is 389 g/mol. The Bertz CT molecular complexity index is 1100. The van der Waals surface area contributed by atoms with Gasteiger partial charge < -0.3 is 10.3 Å². The lowest BCUT2D eigenvalue weighted by Gasteiger charge is -2.21. The maximum Gasteiger partial charge on any atom is 0.293 e. The number of rotatable bonds is 6. The number of aromatic nitrogens is 2. The molecule has 0 saturated carbocycles. The average molecular weight is 411 g/mol. The van der Waals surface area contributed by atoms with Crippen molar-refractivity contribution in [3.8, 4) is 0 Å². The number of fused-ring (bicyclic) bond motifs is 1. The number of benzene rings is 1. The highest BCUT2D eigenvalue weighted by Crippen LogP contribution is 2.27. The molecule has 0 aliphatic carbocycles. The Morgan fingerprint density at radius 3 is 2.73 bits per heavy atom. The summed E-state index contributed by atoms with van der Waals surface area (Å²) in [6.07, 6.45) is 5.14. The summed E-state index contributed by atoms with van der Waals surface area (Å²) >= 11 is 0. The second kappa shape index (κ2) is 8.21. The SMILES string of the molecule is NC(=O)[C@@H]1CCCN1Cc1cn(Cc2ccc(F)cc2)c2cnc(C(=O)NO)cc12. The van der Waals surface area contributed by atoms with Crippen molar-refractivity contribution in [3.05, 3.63) is 65.4 Å². The van der Waals surface area contributed by atoms with Crippen molar-refractivity contribution in [2.75, 3.05) is 6.54 Å². The zero-order valence-corrected chi connectivity index (χ0v) is 16.2. The van der Waals surface area contributed by atoms with Gasteiger partial charge in [0.25, 0.3) is 5.91 Å². The molecule has 4 N–H and O–H groups in total. The summed E-state index contributed by atoms with van der Waals surface area (Å²) in [7, 11) is 0. The number of pyridine rings is 1.